The van der Waals surface area contributed by atoms with Crippen molar-refractivity contribution in [1.29, 1.82) is 0 Å². The molecule has 2 heteroatoms. The summed E-state index contributed by atoms with van der Waals surface area (Å²) >= 11 is 0. The summed E-state index contributed by atoms with van der Waals surface area (Å²) in [7, 11) is -1.36. The highest BCUT2D eigenvalue weighted by Gasteiger charge is 2.16. The lowest BCUT2D eigenvalue weighted by Gasteiger charge is -2.20. The van der Waals surface area contributed by atoms with Gasteiger partial charge in [0.25, 0.3) is 0 Å². The van der Waals surface area contributed by atoms with Crippen molar-refractivity contribution in [2.45, 2.75) is 32.7 Å². The molecule has 0 aliphatic heterocycles. The van der Waals surface area contributed by atoms with Gasteiger partial charge in [-0.25, -0.2) is 0 Å². The molecule has 0 radical (unpaired) electrons. The standard InChI is InChI=1S/C8H16OSi/c1-6-7-8(2)9-10(3,4)5/h7-8H,1H2,2-5H3/t8-/m0/s1. The van der Waals surface area contributed by atoms with Crippen molar-refractivity contribution < 1.29 is 4.43 Å². The largest absolute Gasteiger partial charge is 0.411 e. The van der Waals surface area contributed by atoms with E-state index in [1.807, 2.05) is 13.0 Å². The first-order chi connectivity index (χ1) is 4.45. The molecule has 0 fully saturated rings. The van der Waals surface area contributed by atoms with Crippen LogP contribution in [-0.4, -0.2) is 14.4 Å². The molecule has 0 amide bonds. The molecule has 1 nitrogen and oxygen atoms in total. The first kappa shape index (κ1) is 9.70. The molecule has 0 spiro atoms. The second-order valence-electron chi connectivity index (χ2n) is 3.31. The van der Waals surface area contributed by atoms with Crippen LogP contribution in [0.2, 0.25) is 19.6 Å². The average molecular weight is 156 g/mol. The predicted octanol–water partition coefficient (Wildman–Crippen LogP) is 2.57. The smallest absolute Gasteiger partial charge is 0.184 e. The van der Waals surface area contributed by atoms with Gasteiger partial charge in [-0.15, -0.1) is 5.73 Å². The Morgan fingerprint density at radius 2 is 2.00 bits per heavy atom. The van der Waals surface area contributed by atoms with Crippen LogP contribution < -0.4 is 0 Å². The van der Waals surface area contributed by atoms with Crippen LogP contribution in [0, 0.1) is 0 Å². The van der Waals surface area contributed by atoms with Gasteiger partial charge >= 0.3 is 0 Å². The molecule has 10 heavy (non-hydrogen) atoms. The lowest BCUT2D eigenvalue weighted by molar-refractivity contribution is 0.263. The molecule has 0 aromatic rings. The Balaban J connectivity index is 3.79. The van der Waals surface area contributed by atoms with Crippen molar-refractivity contribution in [1.82, 2.24) is 0 Å². The molecule has 0 saturated heterocycles. The van der Waals surface area contributed by atoms with Crippen LogP contribution in [0.15, 0.2) is 18.4 Å². The van der Waals surface area contributed by atoms with Gasteiger partial charge in [0.2, 0.25) is 0 Å². The Labute approximate surface area is 64.5 Å². The Kier molecular flexibility index (Phi) is 3.65. The van der Waals surface area contributed by atoms with Crippen LogP contribution >= 0.6 is 0 Å². The Bertz CT molecular complexity index is 140. The van der Waals surface area contributed by atoms with Gasteiger partial charge in [-0.1, -0.05) is 6.58 Å². The second-order valence-corrected chi connectivity index (χ2v) is 7.77. The van der Waals surface area contributed by atoms with Crippen LogP contribution in [0.4, 0.5) is 0 Å². The molecule has 1 atom stereocenters. The first-order valence-corrected chi connectivity index (χ1v) is 6.90. The van der Waals surface area contributed by atoms with E-state index < -0.39 is 8.32 Å². The molecule has 0 aliphatic rings. The van der Waals surface area contributed by atoms with E-state index in [2.05, 4.69) is 32.0 Å². The van der Waals surface area contributed by atoms with Crippen molar-refractivity contribution in [2.75, 3.05) is 0 Å². The second kappa shape index (κ2) is 3.77. The maximum atomic E-state index is 5.66. The van der Waals surface area contributed by atoms with Gasteiger partial charge in [0.1, 0.15) is 0 Å². The van der Waals surface area contributed by atoms with E-state index in [4.69, 9.17) is 4.43 Å². The molecule has 0 aliphatic carbocycles. The summed E-state index contributed by atoms with van der Waals surface area (Å²) in [5, 5.41) is 0. The third-order valence-corrected chi connectivity index (χ3v) is 1.97. The Morgan fingerprint density at radius 1 is 1.50 bits per heavy atom. The third kappa shape index (κ3) is 5.83. The fraction of sp³-hybridized carbons (Fsp3) is 0.625. The van der Waals surface area contributed by atoms with E-state index in [1.54, 1.807) is 0 Å². The quantitative estimate of drug-likeness (QED) is 0.451. The highest BCUT2D eigenvalue weighted by Crippen LogP contribution is 2.06. The first-order valence-electron chi connectivity index (χ1n) is 3.49. The summed E-state index contributed by atoms with van der Waals surface area (Å²) in [6.45, 7) is 12.0. The van der Waals surface area contributed by atoms with E-state index >= 15 is 0 Å². The van der Waals surface area contributed by atoms with Crippen LogP contribution in [0.1, 0.15) is 6.92 Å². The zero-order valence-electron chi connectivity index (χ0n) is 7.27. The van der Waals surface area contributed by atoms with Crippen LogP contribution in [0.25, 0.3) is 0 Å². The molecule has 0 saturated carbocycles. The van der Waals surface area contributed by atoms with Crippen LogP contribution in [0.3, 0.4) is 0 Å². The maximum absolute atomic E-state index is 5.66. The zero-order valence-corrected chi connectivity index (χ0v) is 8.27. The van der Waals surface area contributed by atoms with Crippen molar-refractivity contribution in [2.24, 2.45) is 0 Å². The van der Waals surface area contributed by atoms with Gasteiger partial charge in [0.05, 0.1) is 6.10 Å². The molecule has 0 N–H and O–H groups in total. The molecule has 0 aromatic carbocycles. The monoisotopic (exact) mass is 156 g/mol. The van der Waals surface area contributed by atoms with Crippen molar-refractivity contribution in [3.63, 3.8) is 0 Å². The van der Waals surface area contributed by atoms with Gasteiger partial charge in [-0.2, -0.15) is 0 Å². The molecular weight excluding hydrogens is 140 g/mol. The maximum Gasteiger partial charge on any atom is 0.184 e. The fourth-order valence-electron chi connectivity index (χ4n) is 0.758. The summed E-state index contributed by atoms with van der Waals surface area (Å²) in [6, 6.07) is 0. The minimum Gasteiger partial charge on any atom is -0.411 e. The lowest BCUT2D eigenvalue weighted by Crippen LogP contribution is -2.29. The molecule has 0 aromatic heterocycles. The van der Waals surface area contributed by atoms with Crippen molar-refractivity contribution >= 4 is 8.32 Å². The average Bonchev–Trinajstić information content (AvgIpc) is 1.59. The van der Waals surface area contributed by atoms with Gasteiger partial charge in [-0.05, 0) is 32.6 Å². The van der Waals surface area contributed by atoms with E-state index in [-0.39, 0.29) is 6.10 Å². The molecule has 58 valence electrons. The van der Waals surface area contributed by atoms with Crippen LogP contribution in [-0.2, 0) is 4.43 Å². The SMILES string of the molecule is C=C=C[C@H](C)O[Si](C)(C)C. The minimum atomic E-state index is -1.36. The molecule has 0 unspecified atom stereocenters. The highest BCUT2D eigenvalue weighted by atomic mass is 28.4. The topological polar surface area (TPSA) is 9.23 Å². The molecule has 0 rings (SSSR count). The van der Waals surface area contributed by atoms with Crippen molar-refractivity contribution in [3.05, 3.63) is 18.4 Å². The summed E-state index contributed by atoms with van der Waals surface area (Å²) < 4.78 is 5.66. The minimum absolute atomic E-state index is 0.171. The molecular formula is C8H16OSi. The highest BCUT2D eigenvalue weighted by molar-refractivity contribution is 6.69. The van der Waals surface area contributed by atoms with Crippen molar-refractivity contribution in [3.8, 4) is 0 Å². The summed E-state index contributed by atoms with van der Waals surface area (Å²) in [6.07, 6.45) is 2.02. The Hall–Kier alpha value is -0.303. The van der Waals surface area contributed by atoms with Gasteiger partial charge < -0.3 is 4.43 Å². The Morgan fingerprint density at radius 3 is 2.30 bits per heavy atom. The van der Waals surface area contributed by atoms with Gasteiger partial charge in [0.15, 0.2) is 8.32 Å². The summed E-state index contributed by atoms with van der Waals surface area (Å²) in [5.41, 5.74) is 2.71. The number of hydrogen-bond acceptors (Lipinski definition) is 1. The van der Waals surface area contributed by atoms with Gasteiger partial charge in [0, 0.05) is 0 Å². The summed E-state index contributed by atoms with van der Waals surface area (Å²) in [5.74, 6) is 0. The summed E-state index contributed by atoms with van der Waals surface area (Å²) in [4.78, 5) is 0. The number of rotatable bonds is 3. The number of hydrogen-bond donors (Lipinski definition) is 0. The van der Waals surface area contributed by atoms with E-state index in [9.17, 15) is 0 Å². The molecule has 0 bridgehead atoms. The van der Waals surface area contributed by atoms with E-state index in [1.165, 1.54) is 0 Å². The zero-order chi connectivity index (χ0) is 8.20. The lowest BCUT2D eigenvalue weighted by atomic mass is 10.4. The fourth-order valence-corrected chi connectivity index (χ4v) is 1.94. The predicted molar refractivity (Wildman–Crippen MR) is 47.6 cm³/mol. The normalized spacial score (nSPS) is 14.0. The van der Waals surface area contributed by atoms with E-state index in [0.717, 1.165) is 0 Å². The van der Waals surface area contributed by atoms with Gasteiger partial charge in [-0.3, -0.25) is 0 Å². The molecule has 0 heterocycles. The third-order valence-electron chi connectivity index (χ3n) is 0.892. The van der Waals surface area contributed by atoms with Crippen LogP contribution in [0.5, 0.6) is 0 Å². The van der Waals surface area contributed by atoms with E-state index in [0.29, 0.717) is 0 Å².